The van der Waals surface area contributed by atoms with Crippen molar-refractivity contribution in [3.63, 3.8) is 0 Å². The summed E-state index contributed by atoms with van der Waals surface area (Å²) < 4.78 is 83.9. The number of rotatable bonds is 4. The van der Waals surface area contributed by atoms with Crippen LogP contribution >= 0.6 is 23.2 Å². The average Bonchev–Trinajstić information content (AvgIpc) is 2.18. The third-order valence-corrected chi connectivity index (χ3v) is 25.9. The number of carbonyl (C=O) groups excluding carboxylic acids is 2. The Labute approximate surface area is 519 Å². The van der Waals surface area contributed by atoms with Crippen LogP contribution in [0.3, 0.4) is 0 Å². The number of carbonyl (C=O) groups is 2. The second-order valence-electron chi connectivity index (χ2n) is 26.7. The summed E-state index contributed by atoms with van der Waals surface area (Å²) in [6.45, 7) is 11.6. The normalized spacial score (nSPS) is 32.1. The predicted molar refractivity (Wildman–Crippen MR) is 337 cm³/mol. The highest BCUT2D eigenvalue weighted by Gasteiger charge is 2.53. The van der Waals surface area contributed by atoms with Crippen LogP contribution in [0.5, 0.6) is 17.2 Å². The number of hydrogen-bond donors (Lipinski definition) is 3. The Bertz CT molecular complexity index is 3510. The number of amides is 2. The lowest BCUT2D eigenvalue weighted by Gasteiger charge is -2.51. The minimum atomic E-state index is -4.24. The fourth-order valence-corrected chi connectivity index (χ4v) is 18.7. The molecule has 4 bridgehead atoms. The van der Waals surface area contributed by atoms with Gasteiger partial charge in [-0.1, -0.05) is 62.5 Å². The number of nitrogens with zero attached hydrogens (tertiary/aromatic N) is 3. The van der Waals surface area contributed by atoms with E-state index in [2.05, 4.69) is 37.4 Å². The smallest absolute Gasteiger partial charge is 0.264 e. The van der Waals surface area contributed by atoms with E-state index >= 15 is 4.79 Å². The molecule has 2 amide bonds. The zero-order chi connectivity index (χ0) is 60.9. The van der Waals surface area contributed by atoms with E-state index in [4.69, 9.17) is 37.4 Å². The van der Waals surface area contributed by atoms with Gasteiger partial charge in [-0.3, -0.25) is 9.59 Å². The summed E-state index contributed by atoms with van der Waals surface area (Å²) in [5, 5.41) is 23.3. The van der Waals surface area contributed by atoms with Crippen LogP contribution in [-0.2, 0) is 44.9 Å². The molecule has 2 saturated carbocycles. The summed E-state index contributed by atoms with van der Waals surface area (Å²) in [6, 6.07) is 22.9. The van der Waals surface area contributed by atoms with E-state index in [1.165, 1.54) is 0 Å². The minimum absolute atomic E-state index is 0.0170. The van der Waals surface area contributed by atoms with Crippen molar-refractivity contribution in [3.8, 4) is 23.3 Å². The molecule has 3 N–H and O–H groups in total. The minimum Gasteiger partial charge on any atom is -0.487 e. The fourth-order valence-electron chi connectivity index (χ4n) is 15.7. The van der Waals surface area contributed by atoms with E-state index in [-0.39, 0.29) is 66.1 Å². The van der Waals surface area contributed by atoms with Gasteiger partial charge < -0.3 is 29.1 Å². The molecule has 86 heavy (non-hydrogen) atoms. The van der Waals surface area contributed by atoms with Crippen LogP contribution in [-0.4, -0.2) is 88.2 Å². The number of anilines is 2. The van der Waals surface area contributed by atoms with Crippen molar-refractivity contribution in [1.82, 2.24) is 9.44 Å². The third-order valence-electron chi connectivity index (χ3n) is 21.6. The van der Waals surface area contributed by atoms with Crippen LogP contribution in [0.2, 0.25) is 10.0 Å². The highest BCUT2D eigenvalue weighted by molar-refractivity contribution is 7.91. The van der Waals surface area contributed by atoms with Gasteiger partial charge >= 0.3 is 0 Å². The van der Waals surface area contributed by atoms with Crippen LogP contribution in [0.25, 0.3) is 0 Å². The Balaban J connectivity index is 1.06. The largest absolute Gasteiger partial charge is 0.487 e. The van der Waals surface area contributed by atoms with E-state index < -0.39 is 64.9 Å². The standard InChI is InChI=1S/C67H85Cl2N5O10S2/c1-6-66(77)27-9-12-42(2)44(4)86(80,81)72-64(76)52-35-59-62(83-41-65(40-74(59)38-49-17-22-56(49)66)26-11-15-47-33-54(69)21-24-55(47)65)61(36-52)84-67(29-30-70)28-10-13-43(3)45(5)85(78,79)71-63(75)48-19-25-60-58(34-48)73(37-50-18-23-57(50)67)31-8-7-14-46-32-53(68)20-16-51(46)39-82-60/h16,19-21,24-25,32-36,42-45,49-50,56-57,77H,6-15,17-18,22-23,26-29,31,37-41H2,1-5H3,(H,71,75)(H,72,76)/t42-,43-,44+,45+,49-,50-,56+,57+,65-,66-,67+/m0/s1. The number of aliphatic hydroxyl groups is 1. The first-order valence-corrected chi connectivity index (χ1v) is 35.4. The maximum Gasteiger partial charge on any atom is 0.264 e. The summed E-state index contributed by atoms with van der Waals surface area (Å²) >= 11 is 13.2. The summed E-state index contributed by atoms with van der Waals surface area (Å²) in [6.07, 6.45) is 11.5. The number of fused-ring (bicyclic) bond motifs is 7. The van der Waals surface area contributed by atoms with Gasteiger partial charge in [0, 0.05) is 58.7 Å². The molecular weight excluding hydrogens is 1170 g/mol. The Hall–Kier alpha value is -5.25. The molecule has 0 radical (unpaired) electrons. The van der Waals surface area contributed by atoms with Crippen LogP contribution in [0.1, 0.15) is 180 Å². The fraction of sp³-hybridized carbons (Fsp3) is 0.597. The molecule has 11 rings (SSSR count). The van der Waals surface area contributed by atoms with Crippen LogP contribution in [0.15, 0.2) is 66.7 Å². The maximum absolute atomic E-state index is 15.0. The molecule has 4 heterocycles. The first-order valence-electron chi connectivity index (χ1n) is 31.6. The Morgan fingerprint density at radius 3 is 2.01 bits per heavy atom. The zero-order valence-electron chi connectivity index (χ0n) is 50.5. The molecule has 19 heteroatoms. The molecular formula is C67H85Cl2N5O10S2. The lowest BCUT2D eigenvalue weighted by Crippen LogP contribution is -2.54. The molecule has 2 fully saturated rings. The van der Waals surface area contributed by atoms with E-state index in [0.29, 0.717) is 110 Å². The molecule has 15 nitrogen and oxygen atoms in total. The molecule has 1 spiro atoms. The molecule has 464 valence electrons. The number of sulfonamides is 2. The van der Waals surface area contributed by atoms with Crippen molar-refractivity contribution in [2.24, 2.45) is 35.5 Å². The second-order valence-corrected chi connectivity index (χ2v) is 31.6. The van der Waals surface area contributed by atoms with Crippen LogP contribution in [0.4, 0.5) is 11.4 Å². The van der Waals surface area contributed by atoms with Gasteiger partial charge in [-0.15, -0.1) is 0 Å². The second kappa shape index (κ2) is 25.0. The van der Waals surface area contributed by atoms with E-state index in [0.717, 1.165) is 80.0 Å². The summed E-state index contributed by atoms with van der Waals surface area (Å²) in [5.41, 5.74) is 3.08. The molecule has 7 aliphatic rings. The maximum atomic E-state index is 15.0. The number of nitrogens with one attached hydrogen (secondary N) is 2. The third kappa shape index (κ3) is 12.4. The zero-order valence-corrected chi connectivity index (χ0v) is 53.6. The first kappa shape index (κ1) is 62.4. The van der Waals surface area contributed by atoms with Gasteiger partial charge in [0.2, 0.25) is 20.0 Å². The first-order chi connectivity index (χ1) is 41.0. The number of benzene rings is 4. The van der Waals surface area contributed by atoms with Gasteiger partial charge in [0.15, 0.2) is 11.5 Å². The number of aryl methyl sites for hydroxylation is 2. The van der Waals surface area contributed by atoms with Crippen molar-refractivity contribution in [3.05, 3.63) is 110 Å². The van der Waals surface area contributed by atoms with Crippen molar-refractivity contribution in [2.45, 2.75) is 184 Å². The van der Waals surface area contributed by atoms with Crippen LogP contribution in [0, 0.1) is 46.8 Å². The van der Waals surface area contributed by atoms with Crippen molar-refractivity contribution in [2.75, 3.05) is 42.6 Å². The monoisotopic (exact) mass is 1250 g/mol. The Kier molecular flexibility index (Phi) is 18.1. The number of hydrogen-bond acceptors (Lipinski definition) is 13. The highest BCUT2D eigenvalue weighted by atomic mass is 35.5. The molecule has 0 unspecified atom stereocenters. The Morgan fingerprint density at radius 1 is 0.686 bits per heavy atom. The van der Waals surface area contributed by atoms with Crippen LogP contribution < -0.4 is 33.5 Å². The van der Waals surface area contributed by atoms with Gasteiger partial charge in [-0.05, 0) is 223 Å². The van der Waals surface area contributed by atoms with E-state index in [1.54, 1.807) is 44.2 Å². The lowest BCUT2D eigenvalue weighted by atomic mass is 9.62. The Morgan fingerprint density at radius 2 is 1.33 bits per heavy atom. The van der Waals surface area contributed by atoms with Gasteiger partial charge in [0.05, 0.1) is 46.6 Å². The van der Waals surface area contributed by atoms with Crippen molar-refractivity contribution < 1.29 is 45.7 Å². The summed E-state index contributed by atoms with van der Waals surface area (Å²) in [5.74, 6) is -1.39. The summed E-state index contributed by atoms with van der Waals surface area (Å²) in [4.78, 5) is 33.7. The predicted octanol–water partition coefficient (Wildman–Crippen LogP) is 12.6. The van der Waals surface area contributed by atoms with Crippen molar-refractivity contribution >= 4 is 66.4 Å². The van der Waals surface area contributed by atoms with Gasteiger partial charge in [0.25, 0.3) is 11.8 Å². The average molecular weight is 1260 g/mol. The summed E-state index contributed by atoms with van der Waals surface area (Å²) in [7, 11) is -8.44. The quantitative estimate of drug-likeness (QED) is 0.174. The van der Waals surface area contributed by atoms with E-state index in [9.17, 15) is 32.0 Å². The molecule has 4 aliphatic heterocycles. The van der Waals surface area contributed by atoms with Crippen molar-refractivity contribution in [1.29, 1.82) is 5.26 Å². The lowest BCUT2D eigenvalue weighted by molar-refractivity contribution is -0.0909. The SMILES string of the molecule is CC[C@]1(O)CCC[C@H](C)[C@@H](C)S(=O)(=O)NC(=O)c2cc(O[C@@]3(CC#N)CCC[C@H](C)[C@@H](C)S(=O)(=O)NC(=O)c4ccc5c(c4)N(CCCCc4cc(Cl)ccc4CO5)C[C@@H]4CC[C@H]43)c3c(c2)N(C[C@@H]2CC[C@H]21)C[C@@]1(CCCc2cc(Cl)ccc21)CO3. The number of halogens is 2. The molecule has 4 aromatic carbocycles. The van der Waals surface area contributed by atoms with E-state index in [1.807, 2.05) is 45.0 Å². The molecule has 3 aliphatic carbocycles. The van der Waals surface area contributed by atoms with Gasteiger partial charge in [-0.25, -0.2) is 26.3 Å². The molecule has 0 aromatic heterocycles. The van der Waals surface area contributed by atoms with Gasteiger partial charge in [0.1, 0.15) is 18.0 Å². The highest BCUT2D eigenvalue weighted by Crippen LogP contribution is 2.55. The number of ether oxygens (including phenoxy) is 3. The molecule has 4 aromatic rings. The molecule has 0 saturated heterocycles. The molecule has 11 atom stereocenters. The van der Waals surface area contributed by atoms with Gasteiger partial charge in [-0.2, -0.15) is 5.26 Å². The number of nitriles is 1. The topological polar surface area (TPSA) is 205 Å².